The van der Waals surface area contributed by atoms with E-state index in [1.54, 1.807) is 0 Å². The molecular weight excluding hydrogens is 242 g/mol. The SMILES string of the molecule is COC(=O)c1cc(=O)c2ccc([N+](=O)[O-])cc2o1. The van der Waals surface area contributed by atoms with Gasteiger partial charge in [-0.2, -0.15) is 0 Å². The summed E-state index contributed by atoms with van der Waals surface area (Å²) in [6.07, 6.45) is 0. The van der Waals surface area contributed by atoms with Crippen LogP contribution in [0.4, 0.5) is 5.69 Å². The van der Waals surface area contributed by atoms with E-state index >= 15 is 0 Å². The first-order valence-corrected chi connectivity index (χ1v) is 4.83. The summed E-state index contributed by atoms with van der Waals surface area (Å²) >= 11 is 0. The van der Waals surface area contributed by atoms with Crippen molar-refractivity contribution in [1.29, 1.82) is 0 Å². The first-order valence-electron chi connectivity index (χ1n) is 4.83. The molecule has 0 atom stereocenters. The number of esters is 1. The van der Waals surface area contributed by atoms with Crippen LogP contribution < -0.4 is 5.43 Å². The predicted molar refractivity (Wildman–Crippen MR) is 60.5 cm³/mol. The van der Waals surface area contributed by atoms with Gasteiger partial charge in [-0.15, -0.1) is 0 Å². The van der Waals surface area contributed by atoms with Gasteiger partial charge in [0, 0.05) is 12.1 Å². The van der Waals surface area contributed by atoms with Gasteiger partial charge in [-0.1, -0.05) is 0 Å². The Morgan fingerprint density at radius 2 is 2.11 bits per heavy atom. The minimum absolute atomic E-state index is 0.0305. The van der Waals surface area contributed by atoms with Crippen molar-refractivity contribution in [3.63, 3.8) is 0 Å². The van der Waals surface area contributed by atoms with Gasteiger partial charge >= 0.3 is 5.97 Å². The third kappa shape index (κ3) is 1.93. The van der Waals surface area contributed by atoms with Gasteiger partial charge in [0.05, 0.1) is 23.5 Å². The normalized spacial score (nSPS) is 10.3. The number of benzene rings is 1. The molecule has 92 valence electrons. The smallest absolute Gasteiger partial charge is 0.374 e. The van der Waals surface area contributed by atoms with Gasteiger partial charge in [-0.05, 0) is 6.07 Å². The van der Waals surface area contributed by atoms with Crippen molar-refractivity contribution in [2.24, 2.45) is 0 Å². The molecule has 0 saturated heterocycles. The van der Waals surface area contributed by atoms with Crippen LogP contribution >= 0.6 is 0 Å². The number of hydrogen-bond acceptors (Lipinski definition) is 6. The molecule has 1 heterocycles. The zero-order chi connectivity index (χ0) is 13.3. The Bertz CT molecular complexity index is 702. The molecule has 0 aliphatic carbocycles. The fraction of sp³-hybridized carbons (Fsp3) is 0.0909. The highest BCUT2D eigenvalue weighted by molar-refractivity contribution is 5.89. The Balaban J connectivity index is 2.72. The Morgan fingerprint density at radius 3 is 2.72 bits per heavy atom. The summed E-state index contributed by atoms with van der Waals surface area (Å²) in [6.45, 7) is 0. The number of nitro benzene ring substituents is 1. The van der Waals surface area contributed by atoms with Crippen LogP contribution in [0.2, 0.25) is 0 Å². The zero-order valence-corrected chi connectivity index (χ0v) is 9.21. The van der Waals surface area contributed by atoms with Crippen LogP contribution in [0, 0.1) is 10.1 Å². The second kappa shape index (κ2) is 4.28. The highest BCUT2D eigenvalue weighted by Gasteiger charge is 2.15. The molecule has 0 fully saturated rings. The molecule has 0 bridgehead atoms. The van der Waals surface area contributed by atoms with Crippen LogP contribution in [-0.4, -0.2) is 18.0 Å². The van der Waals surface area contributed by atoms with Crippen LogP contribution in [0.25, 0.3) is 11.0 Å². The van der Waals surface area contributed by atoms with Crippen molar-refractivity contribution in [2.75, 3.05) is 7.11 Å². The van der Waals surface area contributed by atoms with Gasteiger partial charge in [0.25, 0.3) is 5.69 Å². The average molecular weight is 249 g/mol. The molecular formula is C11H7NO6. The lowest BCUT2D eigenvalue weighted by Crippen LogP contribution is -2.08. The zero-order valence-electron chi connectivity index (χ0n) is 9.21. The fourth-order valence-electron chi connectivity index (χ4n) is 1.46. The minimum atomic E-state index is -0.819. The number of carbonyl (C=O) groups excluding carboxylic acids is 1. The van der Waals surface area contributed by atoms with Crippen LogP contribution in [0.1, 0.15) is 10.6 Å². The number of non-ortho nitro benzene ring substituents is 1. The topological polar surface area (TPSA) is 99.7 Å². The van der Waals surface area contributed by atoms with Crippen molar-refractivity contribution >= 4 is 22.6 Å². The average Bonchev–Trinajstić information content (AvgIpc) is 2.36. The Morgan fingerprint density at radius 1 is 1.39 bits per heavy atom. The molecule has 1 aromatic carbocycles. The lowest BCUT2D eigenvalue weighted by atomic mass is 10.2. The van der Waals surface area contributed by atoms with Gasteiger partial charge in [0.1, 0.15) is 5.58 Å². The largest absolute Gasteiger partial charge is 0.463 e. The lowest BCUT2D eigenvalue weighted by Gasteiger charge is -2.00. The summed E-state index contributed by atoms with van der Waals surface area (Å²) in [5, 5.41) is 10.8. The molecule has 2 aromatic rings. The quantitative estimate of drug-likeness (QED) is 0.454. The van der Waals surface area contributed by atoms with E-state index in [1.165, 1.54) is 12.1 Å². The fourth-order valence-corrected chi connectivity index (χ4v) is 1.46. The van der Waals surface area contributed by atoms with Gasteiger partial charge in [-0.25, -0.2) is 4.79 Å². The number of rotatable bonds is 2. The van der Waals surface area contributed by atoms with E-state index in [4.69, 9.17) is 4.42 Å². The summed E-state index contributed by atoms with van der Waals surface area (Å²) in [5.41, 5.74) is -0.726. The standard InChI is InChI=1S/C11H7NO6/c1-17-11(14)10-5-8(13)7-3-2-6(12(15)16)4-9(7)18-10/h2-5H,1H3. The van der Waals surface area contributed by atoms with E-state index in [0.29, 0.717) is 0 Å². The van der Waals surface area contributed by atoms with Crippen LogP contribution in [0.3, 0.4) is 0 Å². The summed E-state index contributed by atoms with van der Waals surface area (Å²) in [6, 6.07) is 4.54. The van der Waals surface area contributed by atoms with E-state index in [-0.39, 0.29) is 22.4 Å². The monoisotopic (exact) mass is 249 g/mol. The Hall–Kier alpha value is -2.70. The van der Waals surface area contributed by atoms with E-state index in [9.17, 15) is 19.7 Å². The molecule has 2 rings (SSSR count). The predicted octanol–water partition coefficient (Wildman–Crippen LogP) is 1.49. The summed E-state index contributed by atoms with van der Waals surface area (Å²) in [7, 11) is 1.14. The second-order valence-electron chi connectivity index (χ2n) is 3.40. The second-order valence-corrected chi connectivity index (χ2v) is 3.40. The number of carbonyl (C=O) groups is 1. The first-order chi connectivity index (χ1) is 8.52. The Labute approximate surface area is 99.7 Å². The maximum Gasteiger partial charge on any atom is 0.374 e. The van der Waals surface area contributed by atoms with Crippen molar-refractivity contribution in [3.05, 3.63) is 50.4 Å². The number of hydrogen-bond donors (Lipinski definition) is 0. The van der Waals surface area contributed by atoms with Crippen molar-refractivity contribution in [1.82, 2.24) is 0 Å². The molecule has 0 amide bonds. The number of nitrogens with zero attached hydrogens (tertiary/aromatic N) is 1. The Kier molecular flexibility index (Phi) is 2.80. The number of methoxy groups -OCH3 is 1. The van der Waals surface area contributed by atoms with Crippen molar-refractivity contribution in [3.8, 4) is 0 Å². The van der Waals surface area contributed by atoms with Gasteiger partial charge in [0.15, 0.2) is 5.43 Å². The molecule has 0 N–H and O–H groups in total. The summed E-state index contributed by atoms with van der Waals surface area (Å²) < 4.78 is 9.52. The van der Waals surface area contributed by atoms with Crippen molar-refractivity contribution in [2.45, 2.75) is 0 Å². The van der Waals surface area contributed by atoms with E-state index in [1.807, 2.05) is 0 Å². The minimum Gasteiger partial charge on any atom is -0.463 e. The maximum atomic E-state index is 11.7. The first kappa shape index (κ1) is 11.8. The molecule has 7 nitrogen and oxygen atoms in total. The molecule has 0 radical (unpaired) electrons. The van der Waals surface area contributed by atoms with Crippen LogP contribution in [-0.2, 0) is 4.74 Å². The summed E-state index contributed by atoms with van der Waals surface area (Å²) in [5.74, 6) is -1.11. The van der Waals surface area contributed by atoms with Crippen molar-refractivity contribution < 1.29 is 18.9 Å². The molecule has 0 aliphatic rings. The highest BCUT2D eigenvalue weighted by Crippen LogP contribution is 2.19. The molecule has 18 heavy (non-hydrogen) atoms. The van der Waals surface area contributed by atoms with E-state index < -0.39 is 16.3 Å². The van der Waals surface area contributed by atoms with Gasteiger partial charge < -0.3 is 9.15 Å². The third-order valence-electron chi connectivity index (χ3n) is 2.31. The van der Waals surface area contributed by atoms with Gasteiger partial charge in [0.2, 0.25) is 5.76 Å². The molecule has 0 unspecified atom stereocenters. The van der Waals surface area contributed by atoms with E-state index in [0.717, 1.165) is 19.2 Å². The molecule has 1 aromatic heterocycles. The van der Waals surface area contributed by atoms with E-state index in [2.05, 4.69) is 4.74 Å². The molecule has 0 aliphatic heterocycles. The lowest BCUT2D eigenvalue weighted by molar-refractivity contribution is -0.384. The maximum absolute atomic E-state index is 11.7. The third-order valence-corrected chi connectivity index (χ3v) is 2.31. The number of nitro groups is 1. The number of fused-ring (bicyclic) bond motifs is 1. The molecule has 0 saturated carbocycles. The van der Waals surface area contributed by atoms with Gasteiger partial charge in [-0.3, -0.25) is 14.9 Å². The summed E-state index contributed by atoms with van der Waals surface area (Å²) in [4.78, 5) is 32.9. The van der Waals surface area contributed by atoms with Crippen LogP contribution in [0.5, 0.6) is 0 Å². The van der Waals surface area contributed by atoms with Crippen LogP contribution in [0.15, 0.2) is 33.5 Å². The molecule has 0 spiro atoms. The highest BCUT2D eigenvalue weighted by atomic mass is 16.6. The molecule has 7 heteroatoms. The number of ether oxygens (including phenoxy) is 1.